The molecule has 0 aliphatic carbocycles. The molecule has 1 N–H and O–H groups in total. The van der Waals surface area contributed by atoms with Crippen LogP contribution >= 0.6 is 23.2 Å². The molecule has 0 saturated carbocycles. The van der Waals surface area contributed by atoms with Gasteiger partial charge in [0, 0.05) is 12.7 Å². The number of nitrogens with one attached hydrogen (secondary N) is 1. The van der Waals surface area contributed by atoms with Crippen LogP contribution < -0.4 is 5.32 Å². The molecule has 0 unspecified atom stereocenters. The van der Waals surface area contributed by atoms with Crippen LogP contribution in [-0.2, 0) is 6.54 Å². The summed E-state index contributed by atoms with van der Waals surface area (Å²) < 4.78 is 3.32. The minimum atomic E-state index is -0.224. The van der Waals surface area contributed by atoms with Crippen LogP contribution in [0.4, 0.5) is 5.69 Å². The van der Waals surface area contributed by atoms with Crippen LogP contribution in [0.1, 0.15) is 29.4 Å². The van der Waals surface area contributed by atoms with E-state index >= 15 is 0 Å². The Morgan fingerprint density at radius 3 is 2.68 bits per heavy atom. The molecule has 9 heteroatoms. The average Bonchev–Trinajstić information content (AvgIpc) is 3.12. The van der Waals surface area contributed by atoms with Crippen molar-refractivity contribution in [2.75, 3.05) is 5.32 Å². The third-order valence-corrected chi connectivity index (χ3v) is 4.30. The molecule has 7 nitrogen and oxygen atoms in total. The Labute approximate surface area is 154 Å². The molecule has 0 aliphatic rings. The largest absolute Gasteiger partial charge is 0.320 e. The third kappa shape index (κ3) is 3.67. The van der Waals surface area contributed by atoms with E-state index in [0.717, 1.165) is 13.0 Å². The lowest BCUT2D eigenvalue weighted by atomic mass is 10.2. The first-order valence-corrected chi connectivity index (χ1v) is 8.45. The summed E-state index contributed by atoms with van der Waals surface area (Å²) in [5.74, 6) is 0.326. The van der Waals surface area contributed by atoms with Crippen LogP contribution in [-0.4, -0.2) is 30.2 Å². The number of hydrogen-bond acceptors (Lipinski definition) is 4. The van der Waals surface area contributed by atoms with Gasteiger partial charge in [0.1, 0.15) is 12.1 Å². The molecule has 1 amide bonds. The van der Waals surface area contributed by atoms with Gasteiger partial charge < -0.3 is 5.32 Å². The summed E-state index contributed by atoms with van der Waals surface area (Å²) in [5, 5.41) is 7.64. The maximum Gasteiger partial charge on any atom is 0.259 e. The molecule has 0 bridgehead atoms. The first-order chi connectivity index (χ1) is 12.0. The number of amides is 1. The highest BCUT2D eigenvalue weighted by Crippen LogP contribution is 2.23. The fraction of sp³-hybridized carbons (Fsp3) is 0.250. The van der Waals surface area contributed by atoms with Gasteiger partial charge in [0.15, 0.2) is 10.3 Å². The second kappa shape index (κ2) is 7.25. The fourth-order valence-electron chi connectivity index (χ4n) is 2.36. The molecule has 3 aromatic rings. The lowest BCUT2D eigenvalue weighted by molar-refractivity contribution is 0.102. The Morgan fingerprint density at radius 2 is 2.08 bits per heavy atom. The number of carbonyl (C=O) groups excluding carboxylic acids is 1. The zero-order valence-corrected chi connectivity index (χ0v) is 15.2. The molecule has 0 radical (unpaired) electrons. The van der Waals surface area contributed by atoms with E-state index in [2.05, 4.69) is 27.3 Å². The molecule has 0 spiro atoms. The average molecular weight is 379 g/mol. The summed E-state index contributed by atoms with van der Waals surface area (Å²) in [6.07, 6.45) is 5.73. The van der Waals surface area contributed by atoms with Crippen LogP contribution in [0.25, 0.3) is 5.82 Å². The summed E-state index contributed by atoms with van der Waals surface area (Å²) in [4.78, 5) is 20.6. The van der Waals surface area contributed by atoms with Crippen LogP contribution in [0.15, 0.2) is 30.9 Å². The Balaban J connectivity index is 1.75. The number of aromatic nitrogens is 5. The summed E-state index contributed by atoms with van der Waals surface area (Å²) in [5.41, 5.74) is 1.80. The normalized spacial score (nSPS) is 10.9. The van der Waals surface area contributed by atoms with E-state index in [0.29, 0.717) is 22.8 Å². The monoisotopic (exact) mass is 378 g/mol. The number of nitrogens with zero attached hydrogens (tertiary/aromatic N) is 5. The van der Waals surface area contributed by atoms with E-state index in [4.69, 9.17) is 23.2 Å². The van der Waals surface area contributed by atoms with Crippen LogP contribution in [0.2, 0.25) is 10.3 Å². The second-order valence-corrected chi connectivity index (χ2v) is 6.16. The number of aryl methyl sites for hydroxylation is 2. The van der Waals surface area contributed by atoms with E-state index in [9.17, 15) is 4.79 Å². The minimum absolute atomic E-state index is 0.209. The first-order valence-electron chi connectivity index (χ1n) is 7.69. The topological polar surface area (TPSA) is 77.6 Å². The van der Waals surface area contributed by atoms with Crippen molar-refractivity contribution in [1.82, 2.24) is 24.3 Å². The van der Waals surface area contributed by atoms with Crippen molar-refractivity contribution in [3.8, 4) is 5.82 Å². The fourth-order valence-corrected chi connectivity index (χ4v) is 2.67. The molecule has 25 heavy (non-hydrogen) atoms. The predicted molar refractivity (Wildman–Crippen MR) is 96.6 cm³/mol. The number of anilines is 1. The number of hydrogen-bond donors (Lipinski definition) is 1. The quantitative estimate of drug-likeness (QED) is 0.733. The molecule has 3 rings (SSSR count). The zero-order chi connectivity index (χ0) is 18.0. The van der Waals surface area contributed by atoms with Crippen molar-refractivity contribution < 1.29 is 4.79 Å². The van der Waals surface area contributed by atoms with E-state index in [-0.39, 0.29) is 16.2 Å². The van der Waals surface area contributed by atoms with E-state index in [1.807, 2.05) is 6.92 Å². The van der Waals surface area contributed by atoms with Crippen LogP contribution in [0.5, 0.6) is 0 Å². The molecule has 0 saturated heterocycles. The van der Waals surface area contributed by atoms with Crippen molar-refractivity contribution in [3.63, 3.8) is 0 Å². The summed E-state index contributed by atoms with van der Waals surface area (Å²) in [6, 6.07) is 3.45. The number of imidazole rings is 1. The minimum Gasteiger partial charge on any atom is -0.320 e. The molecule has 130 valence electrons. The number of pyridine rings is 1. The van der Waals surface area contributed by atoms with Gasteiger partial charge in [-0.2, -0.15) is 5.10 Å². The maximum atomic E-state index is 12.4. The second-order valence-electron chi connectivity index (χ2n) is 5.45. The highest BCUT2D eigenvalue weighted by Gasteiger charge is 2.14. The third-order valence-electron chi connectivity index (χ3n) is 3.56. The van der Waals surface area contributed by atoms with Crippen LogP contribution in [0.3, 0.4) is 0 Å². The van der Waals surface area contributed by atoms with Gasteiger partial charge >= 0.3 is 0 Å². The standard InChI is InChI=1S/C16H16Cl2N6O/c1-3-6-23-8-12(10(2)22-23)16(25)21-11-4-5-13(19-7-11)24-9-20-14(17)15(24)18/h4-5,7-9H,3,6H2,1-2H3,(H,21,25). The van der Waals surface area contributed by atoms with Gasteiger partial charge in [-0.3, -0.25) is 14.0 Å². The molecule has 0 aliphatic heterocycles. The Bertz CT molecular complexity index is 900. The van der Waals surface area contributed by atoms with Gasteiger partial charge in [0.25, 0.3) is 5.91 Å². The summed E-state index contributed by atoms with van der Waals surface area (Å²) in [7, 11) is 0. The number of rotatable bonds is 5. The summed E-state index contributed by atoms with van der Waals surface area (Å²) >= 11 is 11.9. The number of carbonyl (C=O) groups is 1. The van der Waals surface area contributed by atoms with Gasteiger partial charge in [0.05, 0.1) is 23.1 Å². The maximum absolute atomic E-state index is 12.4. The highest BCUT2D eigenvalue weighted by molar-refractivity contribution is 6.40. The Hall–Kier alpha value is -2.38. The molecule has 3 heterocycles. The van der Waals surface area contributed by atoms with Crippen molar-refractivity contribution in [3.05, 3.63) is 52.4 Å². The Morgan fingerprint density at radius 1 is 1.28 bits per heavy atom. The van der Waals surface area contributed by atoms with Crippen molar-refractivity contribution in [2.24, 2.45) is 0 Å². The van der Waals surface area contributed by atoms with E-state index in [1.165, 1.54) is 6.33 Å². The molecule has 0 atom stereocenters. The van der Waals surface area contributed by atoms with Gasteiger partial charge in [-0.15, -0.1) is 0 Å². The van der Waals surface area contributed by atoms with E-state index in [1.54, 1.807) is 33.8 Å². The predicted octanol–water partition coefficient (Wildman–Crippen LogP) is 3.74. The molecule has 3 aromatic heterocycles. The van der Waals surface area contributed by atoms with Gasteiger partial charge in [-0.05, 0) is 25.5 Å². The molecule has 0 fully saturated rings. The van der Waals surface area contributed by atoms with E-state index < -0.39 is 0 Å². The zero-order valence-electron chi connectivity index (χ0n) is 13.7. The molecular weight excluding hydrogens is 363 g/mol. The van der Waals surface area contributed by atoms with Crippen molar-refractivity contribution >= 4 is 34.8 Å². The van der Waals surface area contributed by atoms with Gasteiger partial charge in [-0.25, -0.2) is 9.97 Å². The van der Waals surface area contributed by atoms with Gasteiger partial charge in [0.2, 0.25) is 0 Å². The smallest absolute Gasteiger partial charge is 0.259 e. The SMILES string of the molecule is CCCn1cc(C(=O)Nc2ccc(-n3cnc(Cl)c3Cl)nc2)c(C)n1. The summed E-state index contributed by atoms with van der Waals surface area (Å²) in [6.45, 7) is 4.65. The van der Waals surface area contributed by atoms with Gasteiger partial charge in [-0.1, -0.05) is 30.1 Å². The highest BCUT2D eigenvalue weighted by atomic mass is 35.5. The van der Waals surface area contributed by atoms with Crippen LogP contribution in [0, 0.1) is 6.92 Å². The van der Waals surface area contributed by atoms with Crippen molar-refractivity contribution in [2.45, 2.75) is 26.8 Å². The molecular formula is C16H16Cl2N6O. The molecule has 0 aromatic carbocycles. The lowest BCUT2D eigenvalue weighted by Crippen LogP contribution is -2.12. The lowest BCUT2D eigenvalue weighted by Gasteiger charge is -2.06. The first kappa shape index (κ1) is 17.4. The van der Waals surface area contributed by atoms with Crippen molar-refractivity contribution in [1.29, 1.82) is 0 Å². The Kier molecular flexibility index (Phi) is 5.06. The number of halogens is 2.